The molecule has 3 heterocycles. The molecule has 6 nitrogen and oxygen atoms in total. The third-order valence-electron chi connectivity index (χ3n) is 6.65. The molecule has 6 heteroatoms. The highest BCUT2D eigenvalue weighted by atomic mass is 16.4. The lowest BCUT2D eigenvalue weighted by molar-refractivity contribution is -0.146. The van der Waals surface area contributed by atoms with Gasteiger partial charge >= 0.3 is 5.97 Å². The van der Waals surface area contributed by atoms with E-state index in [9.17, 15) is 14.7 Å². The van der Waals surface area contributed by atoms with E-state index in [0.29, 0.717) is 19.4 Å². The molecule has 2 aliphatic rings. The number of piperidine rings is 1. The van der Waals surface area contributed by atoms with Crippen molar-refractivity contribution >= 4 is 22.8 Å². The fourth-order valence-electron chi connectivity index (χ4n) is 4.82. The molecule has 1 N–H and O–H groups in total. The summed E-state index contributed by atoms with van der Waals surface area (Å²) in [5.41, 5.74) is 2.75. The summed E-state index contributed by atoms with van der Waals surface area (Å²) in [4.78, 5) is 27.8. The third-order valence-corrected chi connectivity index (χ3v) is 6.65. The zero-order valence-electron chi connectivity index (χ0n) is 16.1. The summed E-state index contributed by atoms with van der Waals surface area (Å²) in [6, 6.07) is 6.22. The highest BCUT2D eigenvalue weighted by Crippen LogP contribution is 2.43. The van der Waals surface area contributed by atoms with E-state index in [1.807, 2.05) is 6.07 Å². The molecule has 1 aromatic carbocycles. The van der Waals surface area contributed by atoms with E-state index in [1.165, 1.54) is 11.1 Å². The molecule has 1 amide bonds. The van der Waals surface area contributed by atoms with Crippen molar-refractivity contribution in [3.63, 3.8) is 0 Å². The molecule has 1 atom stereocenters. The summed E-state index contributed by atoms with van der Waals surface area (Å²) in [7, 11) is 1.76. The SMILES string of the molecule is Cc1ccc2oc(CN3CCC4(CC3)[C@H](C(=O)O)CC(=O)N4C)c(C)c2c1. The number of carbonyl (C=O) groups excluding carboxylic acids is 1. The minimum Gasteiger partial charge on any atom is -0.481 e. The van der Waals surface area contributed by atoms with Gasteiger partial charge in [-0.05, 0) is 44.4 Å². The monoisotopic (exact) mass is 370 g/mol. The number of carboxylic acids is 1. The lowest BCUT2D eigenvalue weighted by atomic mass is 9.77. The van der Waals surface area contributed by atoms with Crippen molar-refractivity contribution in [3.05, 3.63) is 35.1 Å². The van der Waals surface area contributed by atoms with Crippen molar-refractivity contribution in [2.24, 2.45) is 5.92 Å². The summed E-state index contributed by atoms with van der Waals surface area (Å²) in [6.07, 6.45) is 1.49. The number of fused-ring (bicyclic) bond motifs is 1. The number of rotatable bonds is 3. The minimum atomic E-state index is -0.857. The van der Waals surface area contributed by atoms with Gasteiger partial charge in [0.15, 0.2) is 0 Å². The number of furan rings is 1. The average molecular weight is 370 g/mol. The van der Waals surface area contributed by atoms with E-state index in [-0.39, 0.29) is 12.3 Å². The van der Waals surface area contributed by atoms with Crippen LogP contribution < -0.4 is 0 Å². The van der Waals surface area contributed by atoms with Crippen LogP contribution in [0.3, 0.4) is 0 Å². The zero-order chi connectivity index (χ0) is 19.3. The second kappa shape index (κ2) is 6.37. The quantitative estimate of drug-likeness (QED) is 0.899. The van der Waals surface area contributed by atoms with Crippen LogP contribution in [0.4, 0.5) is 0 Å². The number of hydrogen-bond acceptors (Lipinski definition) is 4. The molecule has 1 aromatic heterocycles. The number of carbonyl (C=O) groups is 2. The highest BCUT2D eigenvalue weighted by molar-refractivity contribution is 5.88. The number of carboxylic acid groups (broad SMARTS) is 1. The van der Waals surface area contributed by atoms with Crippen LogP contribution >= 0.6 is 0 Å². The van der Waals surface area contributed by atoms with Gasteiger partial charge in [0.25, 0.3) is 0 Å². The van der Waals surface area contributed by atoms with Crippen LogP contribution in [0.2, 0.25) is 0 Å². The van der Waals surface area contributed by atoms with E-state index in [0.717, 1.165) is 29.8 Å². The molecule has 1 spiro atoms. The Labute approximate surface area is 158 Å². The van der Waals surface area contributed by atoms with E-state index >= 15 is 0 Å². The second-order valence-electron chi connectivity index (χ2n) is 8.08. The van der Waals surface area contributed by atoms with E-state index < -0.39 is 17.4 Å². The number of aryl methyl sites for hydroxylation is 2. The van der Waals surface area contributed by atoms with Gasteiger partial charge in [0, 0.05) is 31.9 Å². The summed E-state index contributed by atoms with van der Waals surface area (Å²) < 4.78 is 6.07. The summed E-state index contributed by atoms with van der Waals surface area (Å²) in [6.45, 7) is 6.41. The molecule has 2 fully saturated rings. The number of aliphatic carboxylic acids is 1. The Morgan fingerprint density at radius 3 is 2.67 bits per heavy atom. The summed E-state index contributed by atoms with van der Waals surface area (Å²) >= 11 is 0. The van der Waals surface area contributed by atoms with E-state index in [4.69, 9.17) is 4.42 Å². The van der Waals surface area contributed by atoms with E-state index in [2.05, 4.69) is 30.9 Å². The predicted octanol–water partition coefficient (Wildman–Crippen LogP) is 2.95. The Balaban J connectivity index is 1.51. The van der Waals surface area contributed by atoms with Crippen molar-refractivity contribution in [2.45, 2.75) is 45.2 Å². The number of likely N-dealkylation sites (tertiary alicyclic amines) is 2. The van der Waals surface area contributed by atoms with Crippen LogP contribution in [0.25, 0.3) is 11.0 Å². The van der Waals surface area contributed by atoms with Crippen LogP contribution in [0.5, 0.6) is 0 Å². The van der Waals surface area contributed by atoms with Crippen molar-refractivity contribution in [3.8, 4) is 0 Å². The molecule has 2 aromatic rings. The van der Waals surface area contributed by atoms with Gasteiger partial charge in [-0.3, -0.25) is 14.5 Å². The molecule has 2 saturated heterocycles. The summed E-state index contributed by atoms with van der Waals surface area (Å²) in [5, 5.41) is 10.8. The standard InChI is InChI=1S/C21H26N2O4/c1-13-4-5-17-15(10-13)14(2)18(27-17)12-23-8-6-21(7-9-23)16(20(25)26)11-19(24)22(21)3/h4-5,10,16H,6-9,11-12H2,1-3H3,(H,25,26)/t16-/m0/s1. The smallest absolute Gasteiger partial charge is 0.309 e. The van der Waals surface area contributed by atoms with Crippen molar-refractivity contribution in [1.29, 1.82) is 0 Å². The van der Waals surface area contributed by atoms with Crippen LogP contribution in [0.15, 0.2) is 22.6 Å². The zero-order valence-corrected chi connectivity index (χ0v) is 16.1. The van der Waals surface area contributed by atoms with Gasteiger partial charge in [-0.15, -0.1) is 0 Å². The Kier molecular flexibility index (Phi) is 4.26. The predicted molar refractivity (Wildman–Crippen MR) is 101 cm³/mol. The Morgan fingerprint density at radius 2 is 2.00 bits per heavy atom. The minimum absolute atomic E-state index is 0.0562. The van der Waals surface area contributed by atoms with Crippen molar-refractivity contribution in [2.75, 3.05) is 20.1 Å². The maximum atomic E-state index is 12.1. The van der Waals surface area contributed by atoms with Crippen molar-refractivity contribution in [1.82, 2.24) is 9.80 Å². The first-order valence-corrected chi connectivity index (χ1v) is 9.52. The van der Waals surface area contributed by atoms with Crippen molar-refractivity contribution < 1.29 is 19.1 Å². The van der Waals surface area contributed by atoms with E-state index in [1.54, 1.807) is 11.9 Å². The first kappa shape index (κ1) is 18.0. The molecule has 0 radical (unpaired) electrons. The molecule has 2 aliphatic heterocycles. The van der Waals surface area contributed by atoms with Gasteiger partial charge in [0.1, 0.15) is 11.3 Å². The Hall–Kier alpha value is -2.34. The highest BCUT2D eigenvalue weighted by Gasteiger charge is 2.55. The molecule has 0 bridgehead atoms. The first-order valence-electron chi connectivity index (χ1n) is 9.52. The Bertz CT molecular complexity index is 908. The molecule has 0 aliphatic carbocycles. The second-order valence-corrected chi connectivity index (χ2v) is 8.08. The Morgan fingerprint density at radius 1 is 1.30 bits per heavy atom. The van der Waals surface area contributed by atoms with Gasteiger partial charge in [0.05, 0.1) is 18.0 Å². The fourth-order valence-corrected chi connectivity index (χ4v) is 4.82. The van der Waals surface area contributed by atoms with Crippen LogP contribution in [0.1, 0.15) is 36.1 Å². The van der Waals surface area contributed by atoms with Crippen LogP contribution in [-0.2, 0) is 16.1 Å². The fraction of sp³-hybridized carbons (Fsp3) is 0.524. The third kappa shape index (κ3) is 2.83. The van der Waals surface area contributed by atoms with Crippen LogP contribution in [-0.4, -0.2) is 52.5 Å². The topological polar surface area (TPSA) is 74.0 Å². The largest absolute Gasteiger partial charge is 0.481 e. The van der Waals surface area contributed by atoms with Crippen LogP contribution in [0, 0.1) is 19.8 Å². The normalized spacial score (nSPS) is 22.9. The molecule has 4 rings (SSSR count). The van der Waals surface area contributed by atoms with Gasteiger partial charge in [-0.1, -0.05) is 11.6 Å². The lowest BCUT2D eigenvalue weighted by Crippen LogP contribution is -2.55. The maximum Gasteiger partial charge on any atom is 0.309 e. The molecular weight excluding hydrogens is 344 g/mol. The van der Waals surface area contributed by atoms with Gasteiger partial charge < -0.3 is 14.4 Å². The number of amides is 1. The molecule has 0 unspecified atom stereocenters. The number of benzene rings is 1. The molecule has 144 valence electrons. The van der Waals surface area contributed by atoms with Gasteiger partial charge in [0.2, 0.25) is 5.91 Å². The summed E-state index contributed by atoms with van der Waals surface area (Å²) in [5.74, 6) is -0.547. The molecular formula is C21H26N2O4. The molecule has 0 saturated carbocycles. The molecule has 27 heavy (non-hydrogen) atoms. The number of hydrogen-bond donors (Lipinski definition) is 1. The maximum absolute atomic E-state index is 12.1. The number of nitrogens with zero attached hydrogens (tertiary/aromatic N) is 2. The van der Waals surface area contributed by atoms with Gasteiger partial charge in [-0.25, -0.2) is 0 Å². The average Bonchev–Trinajstić information content (AvgIpc) is 3.07. The lowest BCUT2D eigenvalue weighted by Gasteiger charge is -2.45. The van der Waals surface area contributed by atoms with Gasteiger partial charge in [-0.2, -0.15) is 0 Å². The first-order chi connectivity index (χ1) is 12.8.